The summed E-state index contributed by atoms with van der Waals surface area (Å²) >= 11 is 3.51. The molecule has 2 aromatic rings. The number of halogens is 1. The van der Waals surface area contributed by atoms with Crippen LogP contribution in [-0.2, 0) is 24.9 Å². The molecule has 1 aliphatic rings. The first-order valence-corrected chi connectivity index (χ1v) is 7.53. The molecule has 3 heterocycles. The summed E-state index contributed by atoms with van der Waals surface area (Å²) in [7, 11) is 1.92. The van der Waals surface area contributed by atoms with Gasteiger partial charge >= 0.3 is 0 Å². The van der Waals surface area contributed by atoms with Crippen LogP contribution in [0.25, 0.3) is 0 Å². The van der Waals surface area contributed by atoms with Gasteiger partial charge in [-0.2, -0.15) is 10.2 Å². The van der Waals surface area contributed by atoms with E-state index < -0.39 is 0 Å². The van der Waals surface area contributed by atoms with Gasteiger partial charge in [0.1, 0.15) is 5.82 Å². The van der Waals surface area contributed by atoms with Gasteiger partial charge in [0, 0.05) is 38.4 Å². The van der Waals surface area contributed by atoms with E-state index in [1.165, 1.54) is 0 Å². The lowest BCUT2D eigenvalue weighted by molar-refractivity contribution is 0.181. The van der Waals surface area contributed by atoms with Crippen LogP contribution >= 0.6 is 15.9 Å². The predicted octanol–water partition coefficient (Wildman–Crippen LogP) is 2.03. The van der Waals surface area contributed by atoms with Crippen LogP contribution in [0.1, 0.15) is 12.1 Å². The third-order valence-corrected chi connectivity index (χ3v) is 4.13. The molecule has 108 valence electrons. The number of anilines is 1. The number of hydrogen-bond donors (Lipinski definition) is 1. The molecule has 1 N–H and O–H groups in total. The lowest BCUT2D eigenvalue weighted by Crippen LogP contribution is -2.15. The largest absolute Gasteiger partial charge is 0.381 e. The molecule has 3 rings (SSSR count). The summed E-state index contributed by atoms with van der Waals surface area (Å²) in [6.45, 7) is 3.29. The SMILES string of the molecule is Cn1cc(Br)c(CNc2ccnn2CC2CCOC2)n1. The van der Waals surface area contributed by atoms with Crippen LogP contribution in [0.3, 0.4) is 0 Å². The van der Waals surface area contributed by atoms with E-state index in [1.54, 1.807) is 4.68 Å². The monoisotopic (exact) mass is 339 g/mol. The molecule has 1 aliphatic heterocycles. The first-order valence-electron chi connectivity index (χ1n) is 6.74. The summed E-state index contributed by atoms with van der Waals surface area (Å²) in [5.41, 5.74) is 0.990. The van der Waals surface area contributed by atoms with E-state index in [0.717, 1.165) is 42.2 Å². The lowest BCUT2D eigenvalue weighted by atomic mass is 10.1. The maximum absolute atomic E-state index is 5.41. The molecule has 7 heteroatoms. The van der Waals surface area contributed by atoms with Crippen molar-refractivity contribution in [1.29, 1.82) is 0 Å². The molecule has 0 radical (unpaired) electrons. The summed E-state index contributed by atoms with van der Waals surface area (Å²) in [6, 6.07) is 1.99. The summed E-state index contributed by atoms with van der Waals surface area (Å²) in [6.07, 6.45) is 4.89. The van der Waals surface area contributed by atoms with E-state index in [-0.39, 0.29) is 0 Å². The molecule has 1 atom stereocenters. The Labute approximate surface area is 126 Å². The van der Waals surface area contributed by atoms with Crippen LogP contribution < -0.4 is 5.32 Å². The molecule has 1 unspecified atom stereocenters. The first kappa shape index (κ1) is 13.6. The van der Waals surface area contributed by atoms with Crippen LogP contribution in [0.2, 0.25) is 0 Å². The Morgan fingerprint density at radius 3 is 3.15 bits per heavy atom. The summed E-state index contributed by atoms with van der Waals surface area (Å²) in [5, 5.41) is 12.2. The topological polar surface area (TPSA) is 56.9 Å². The average Bonchev–Trinajstić information content (AvgIpc) is 3.11. The number of ether oxygens (including phenoxy) is 1. The molecule has 0 bridgehead atoms. The molecule has 0 amide bonds. The van der Waals surface area contributed by atoms with Gasteiger partial charge < -0.3 is 10.1 Å². The maximum Gasteiger partial charge on any atom is 0.124 e. The number of rotatable bonds is 5. The van der Waals surface area contributed by atoms with Gasteiger partial charge in [-0.05, 0) is 22.4 Å². The fourth-order valence-electron chi connectivity index (χ4n) is 2.40. The zero-order valence-corrected chi connectivity index (χ0v) is 13.0. The Bertz CT molecular complexity index is 573. The van der Waals surface area contributed by atoms with Crippen LogP contribution in [0.5, 0.6) is 0 Å². The normalized spacial score (nSPS) is 18.6. The van der Waals surface area contributed by atoms with Crippen molar-refractivity contribution in [2.75, 3.05) is 18.5 Å². The van der Waals surface area contributed by atoms with Crippen molar-refractivity contribution in [2.24, 2.45) is 13.0 Å². The highest BCUT2D eigenvalue weighted by Gasteiger charge is 2.17. The quantitative estimate of drug-likeness (QED) is 0.905. The predicted molar refractivity (Wildman–Crippen MR) is 79.4 cm³/mol. The maximum atomic E-state index is 5.41. The van der Waals surface area contributed by atoms with E-state index in [0.29, 0.717) is 12.5 Å². The van der Waals surface area contributed by atoms with Crippen molar-refractivity contribution in [3.63, 3.8) is 0 Å². The van der Waals surface area contributed by atoms with E-state index in [4.69, 9.17) is 4.74 Å². The van der Waals surface area contributed by atoms with Crippen molar-refractivity contribution in [3.05, 3.63) is 28.6 Å². The molecule has 20 heavy (non-hydrogen) atoms. The lowest BCUT2D eigenvalue weighted by Gasteiger charge is -2.12. The van der Waals surface area contributed by atoms with Crippen LogP contribution in [0.4, 0.5) is 5.82 Å². The molecule has 6 nitrogen and oxygen atoms in total. The highest BCUT2D eigenvalue weighted by Crippen LogP contribution is 2.19. The molecule has 1 fully saturated rings. The van der Waals surface area contributed by atoms with Crippen LogP contribution in [0.15, 0.2) is 22.9 Å². The molecule has 0 saturated carbocycles. The van der Waals surface area contributed by atoms with Gasteiger partial charge in [-0.15, -0.1) is 0 Å². The van der Waals surface area contributed by atoms with Crippen molar-refractivity contribution in [1.82, 2.24) is 19.6 Å². The highest BCUT2D eigenvalue weighted by molar-refractivity contribution is 9.10. The minimum absolute atomic E-state index is 0.567. The number of hydrogen-bond acceptors (Lipinski definition) is 4. The second-order valence-electron chi connectivity index (χ2n) is 5.08. The fraction of sp³-hybridized carbons (Fsp3) is 0.538. The third kappa shape index (κ3) is 3.04. The van der Waals surface area contributed by atoms with Crippen LogP contribution in [-0.4, -0.2) is 32.8 Å². The van der Waals surface area contributed by atoms with E-state index in [2.05, 4.69) is 31.4 Å². The first-order chi connectivity index (χ1) is 9.72. The minimum atomic E-state index is 0.567. The second-order valence-corrected chi connectivity index (χ2v) is 5.93. The molecule has 1 saturated heterocycles. The number of aryl methyl sites for hydroxylation is 1. The number of aromatic nitrogens is 4. The molecule has 0 aliphatic carbocycles. The average molecular weight is 340 g/mol. The summed E-state index contributed by atoms with van der Waals surface area (Å²) in [4.78, 5) is 0. The summed E-state index contributed by atoms with van der Waals surface area (Å²) < 4.78 is 10.2. The van der Waals surface area contributed by atoms with E-state index in [9.17, 15) is 0 Å². The molecule has 0 spiro atoms. The Hall–Kier alpha value is -1.34. The van der Waals surface area contributed by atoms with Gasteiger partial charge in [0.15, 0.2) is 0 Å². The Morgan fingerprint density at radius 2 is 2.45 bits per heavy atom. The van der Waals surface area contributed by atoms with Crippen molar-refractivity contribution in [3.8, 4) is 0 Å². The minimum Gasteiger partial charge on any atom is -0.381 e. The standard InChI is InChI=1S/C13H18BrN5O/c1-18-8-11(14)12(17-18)6-15-13-2-4-16-19(13)7-10-3-5-20-9-10/h2,4,8,10,15H,3,5-7,9H2,1H3. The van der Waals surface area contributed by atoms with Crippen molar-refractivity contribution < 1.29 is 4.74 Å². The zero-order valence-electron chi connectivity index (χ0n) is 11.4. The Kier molecular flexibility index (Phi) is 4.07. The molecular weight excluding hydrogens is 322 g/mol. The van der Waals surface area contributed by atoms with Gasteiger partial charge in [0.05, 0.1) is 29.5 Å². The van der Waals surface area contributed by atoms with Gasteiger partial charge in [-0.3, -0.25) is 4.68 Å². The second kappa shape index (κ2) is 5.97. The highest BCUT2D eigenvalue weighted by atomic mass is 79.9. The van der Waals surface area contributed by atoms with Gasteiger partial charge in [-0.25, -0.2) is 4.68 Å². The summed E-state index contributed by atoms with van der Waals surface area (Å²) in [5.74, 6) is 1.59. The molecule has 0 aromatic carbocycles. The van der Waals surface area contributed by atoms with Crippen molar-refractivity contribution >= 4 is 21.7 Å². The Morgan fingerprint density at radius 1 is 1.55 bits per heavy atom. The van der Waals surface area contributed by atoms with E-state index >= 15 is 0 Å². The Balaban J connectivity index is 1.62. The van der Waals surface area contributed by atoms with Crippen LogP contribution in [0, 0.1) is 5.92 Å². The van der Waals surface area contributed by atoms with Gasteiger partial charge in [0.25, 0.3) is 0 Å². The molecular formula is C13H18BrN5O. The smallest absolute Gasteiger partial charge is 0.124 e. The fourth-order valence-corrected chi connectivity index (χ4v) is 2.92. The third-order valence-electron chi connectivity index (χ3n) is 3.46. The van der Waals surface area contributed by atoms with Crippen molar-refractivity contribution in [2.45, 2.75) is 19.5 Å². The zero-order chi connectivity index (χ0) is 13.9. The van der Waals surface area contributed by atoms with Gasteiger partial charge in [-0.1, -0.05) is 0 Å². The van der Waals surface area contributed by atoms with E-state index in [1.807, 2.05) is 30.2 Å². The number of nitrogens with zero attached hydrogens (tertiary/aromatic N) is 4. The molecule has 2 aromatic heterocycles. The van der Waals surface area contributed by atoms with Gasteiger partial charge in [0.2, 0.25) is 0 Å². The number of nitrogens with one attached hydrogen (secondary N) is 1.